The maximum absolute atomic E-state index is 13.1. The number of hydrogen-bond acceptors (Lipinski definition) is 6. The summed E-state index contributed by atoms with van der Waals surface area (Å²) in [6.07, 6.45) is 4.29. The normalized spacial score (nSPS) is 12.5. The molecular weight excluding hydrogens is 410 g/mol. The Morgan fingerprint density at radius 1 is 1.25 bits per heavy atom. The molecule has 1 atom stereocenters. The van der Waals surface area contributed by atoms with Gasteiger partial charge in [-0.2, -0.15) is 0 Å². The summed E-state index contributed by atoms with van der Waals surface area (Å²) in [4.78, 5) is 36.7. The number of rotatable bonds is 9. The SMILES string of the molecule is COC(=O)N/C=C/CCC(C)c1cc(O)c(C(=O)C(C)(C)Cc2ccc(C)cc2)c(=O)o1. The van der Waals surface area contributed by atoms with Crippen LogP contribution in [0.15, 0.2) is 51.8 Å². The van der Waals surface area contributed by atoms with Crippen molar-refractivity contribution in [1.29, 1.82) is 0 Å². The second-order valence-electron chi connectivity index (χ2n) is 8.59. The number of methoxy groups -OCH3 is 1. The molecule has 0 aliphatic rings. The van der Waals surface area contributed by atoms with Crippen molar-refractivity contribution < 1.29 is 23.8 Å². The molecule has 172 valence electrons. The first-order valence-electron chi connectivity index (χ1n) is 10.5. The summed E-state index contributed by atoms with van der Waals surface area (Å²) < 4.78 is 9.86. The highest BCUT2D eigenvalue weighted by molar-refractivity contribution is 6.02. The van der Waals surface area contributed by atoms with Crippen molar-refractivity contribution in [2.24, 2.45) is 5.41 Å². The summed E-state index contributed by atoms with van der Waals surface area (Å²) in [5.41, 5.74) is 0.0392. The molecule has 2 aromatic rings. The third kappa shape index (κ3) is 6.57. The van der Waals surface area contributed by atoms with Crippen LogP contribution in [-0.4, -0.2) is 24.1 Å². The van der Waals surface area contributed by atoms with Crippen LogP contribution >= 0.6 is 0 Å². The zero-order valence-corrected chi connectivity index (χ0v) is 19.2. The molecule has 1 aromatic carbocycles. The van der Waals surface area contributed by atoms with Crippen LogP contribution in [0.1, 0.15) is 66.8 Å². The van der Waals surface area contributed by atoms with Gasteiger partial charge in [-0.1, -0.05) is 56.7 Å². The van der Waals surface area contributed by atoms with E-state index >= 15 is 0 Å². The van der Waals surface area contributed by atoms with Crippen LogP contribution in [0.5, 0.6) is 5.75 Å². The Kier molecular flexibility index (Phi) is 8.41. The first-order chi connectivity index (χ1) is 15.0. The Bertz CT molecular complexity index is 1030. The Balaban J connectivity index is 2.12. The molecule has 2 N–H and O–H groups in total. The summed E-state index contributed by atoms with van der Waals surface area (Å²) in [6.45, 7) is 7.34. The second-order valence-corrected chi connectivity index (χ2v) is 8.59. The Labute approximate surface area is 188 Å². The number of aromatic hydroxyl groups is 1. The maximum Gasteiger partial charge on any atom is 0.410 e. The molecule has 1 heterocycles. The van der Waals surface area contributed by atoms with Gasteiger partial charge in [-0.3, -0.25) is 10.1 Å². The number of hydrogen-bond donors (Lipinski definition) is 2. The molecule has 7 nitrogen and oxygen atoms in total. The molecule has 7 heteroatoms. The first kappa shape index (κ1) is 24.9. The molecular formula is C25H31NO6. The number of nitrogens with one attached hydrogen (secondary N) is 1. The van der Waals surface area contributed by atoms with Crippen LogP contribution < -0.4 is 10.9 Å². The third-order valence-electron chi connectivity index (χ3n) is 5.31. The average molecular weight is 442 g/mol. The highest BCUT2D eigenvalue weighted by atomic mass is 16.5. The number of Topliss-reactive ketones (excluding diaryl/α,β-unsaturated/α-hetero) is 1. The van der Waals surface area contributed by atoms with Crippen molar-refractivity contribution in [2.75, 3.05) is 7.11 Å². The summed E-state index contributed by atoms with van der Waals surface area (Å²) in [5.74, 6) is -0.704. The number of alkyl carbamates (subject to hydrolysis) is 1. The summed E-state index contributed by atoms with van der Waals surface area (Å²) >= 11 is 0. The lowest BCUT2D eigenvalue weighted by Gasteiger charge is -2.23. The fraction of sp³-hybridized carbons (Fsp3) is 0.400. The molecule has 1 amide bonds. The van der Waals surface area contributed by atoms with Crippen LogP contribution in [0, 0.1) is 12.3 Å². The summed E-state index contributed by atoms with van der Waals surface area (Å²) in [6, 6.07) is 9.19. The van der Waals surface area contributed by atoms with E-state index in [0.29, 0.717) is 25.0 Å². The molecule has 1 unspecified atom stereocenters. The summed E-state index contributed by atoms with van der Waals surface area (Å²) in [5, 5.41) is 12.9. The van der Waals surface area contributed by atoms with Crippen molar-refractivity contribution in [3.63, 3.8) is 0 Å². The van der Waals surface area contributed by atoms with Gasteiger partial charge < -0.3 is 14.3 Å². The van der Waals surface area contributed by atoms with E-state index in [4.69, 9.17) is 4.42 Å². The highest BCUT2D eigenvalue weighted by Crippen LogP contribution is 2.31. The molecule has 0 saturated carbocycles. The minimum absolute atomic E-state index is 0.180. The van der Waals surface area contributed by atoms with Gasteiger partial charge in [-0.05, 0) is 31.7 Å². The largest absolute Gasteiger partial charge is 0.507 e. The number of benzene rings is 1. The van der Waals surface area contributed by atoms with Crippen LogP contribution in [0.25, 0.3) is 0 Å². The Morgan fingerprint density at radius 2 is 1.91 bits per heavy atom. The lowest BCUT2D eigenvalue weighted by atomic mass is 9.79. The van der Waals surface area contributed by atoms with Crippen molar-refractivity contribution in [3.05, 3.63) is 75.5 Å². The van der Waals surface area contributed by atoms with Crippen LogP contribution in [0.3, 0.4) is 0 Å². The molecule has 0 radical (unpaired) electrons. The van der Waals surface area contributed by atoms with Crippen molar-refractivity contribution in [1.82, 2.24) is 5.32 Å². The fourth-order valence-electron chi connectivity index (χ4n) is 3.34. The number of aryl methyl sites for hydroxylation is 1. The van der Waals surface area contributed by atoms with Crippen molar-refractivity contribution >= 4 is 11.9 Å². The van der Waals surface area contributed by atoms with Gasteiger partial charge in [0, 0.05) is 23.6 Å². The molecule has 2 rings (SSSR count). The van der Waals surface area contributed by atoms with Gasteiger partial charge in [0.2, 0.25) is 0 Å². The van der Waals surface area contributed by atoms with E-state index in [0.717, 1.165) is 11.1 Å². The fourth-order valence-corrected chi connectivity index (χ4v) is 3.34. The molecule has 0 fully saturated rings. The Hall–Kier alpha value is -3.35. The lowest BCUT2D eigenvalue weighted by molar-refractivity contribution is 0.0829. The van der Waals surface area contributed by atoms with Gasteiger partial charge in [0.05, 0.1) is 7.11 Å². The number of ether oxygens (including phenoxy) is 1. The van der Waals surface area contributed by atoms with Crippen LogP contribution in [0.4, 0.5) is 4.79 Å². The molecule has 0 aliphatic carbocycles. The molecule has 0 aliphatic heterocycles. The average Bonchev–Trinajstić information content (AvgIpc) is 2.73. The number of carbonyl (C=O) groups is 2. The second kappa shape index (κ2) is 10.8. The topological polar surface area (TPSA) is 106 Å². The molecule has 32 heavy (non-hydrogen) atoms. The number of amides is 1. The van der Waals surface area contributed by atoms with E-state index < -0.39 is 22.9 Å². The minimum Gasteiger partial charge on any atom is -0.507 e. The maximum atomic E-state index is 13.1. The zero-order chi connectivity index (χ0) is 23.9. The van der Waals surface area contributed by atoms with Crippen molar-refractivity contribution in [3.8, 4) is 5.75 Å². The monoisotopic (exact) mass is 441 g/mol. The molecule has 0 bridgehead atoms. The van der Waals surface area contributed by atoms with Gasteiger partial charge in [0.25, 0.3) is 0 Å². The highest BCUT2D eigenvalue weighted by Gasteiger charge is 2.34. The van der Waals surface area contributed by atoms with E-state index in [1.54, 1.807) is 19.9 Å². The van der Waals surface area contributed by atoms with Gasteiger partial charge >= 0.3 is 11.7 Å². The van der Waals surface area contributed by atoms with E-state index in [-0.39, 0.29) is 17.2 Å². The number of ketones is 1. The van der Waals surface area contributed by atoms with Gasteiger partial charge in [0.15, 0.2) is 5.78 Å². The molecule has 1 aromatic heterocycles. The van der Waals surface area contributed by atoms with Crippen LogP contribution in [-0.2, 0) is 11.2 Å². The molecule has 0 spiro atoms. The van der Waals surface area contributed by atoms with Crippen molar-refractivity contribution in [2.45, 2.75) is 52.9 Å². The smallest absolute Gasteiger partial charge is 0.410 e. The van der Waals surface area contributed by atoms with Crippen LogP contribution in [0.2, 0.25) is 0 Å². The van der Waals surface area contributed by atoms with E-state index in [2.05, 4.69) is 10.1 Å². The predicted octanol–water partition coefficient (Wildman–Crippen LogP) is 4.86. The zero-order valence-electron chi connectivity index (χ0n) is 19.2. The number of allylic oxidation sites excluding steroid dienone is 1. The van der Waals surface area contributed by atoms with E-state index in [1.807, 2.05) is 38.1 Å². The summed E-state index contributed by atoms with van der Waals surface area (Å²) in [7, 11) is 1.28. The molecule has 0 saturated heterocycles. The minimum atomic E-state index is -0.897. The lowest BCUT2D eigenvalue weighted by Crippen LogP contribution is -2.31. The van der Waals surface area contributed by atoms with Gasteiger partial charge in [-0.25, -0.2) is 9.59 Å². The van der Waals surface area contributed by atoms with E-state index in [9.17, 15) is 19.5 Å². The Morgan fingerprint density at radius 3 is 2.50 bits per heavy atom. The first-order valence-corrected chi connectivity index (χ1v) is 10.5. The third-order valence-corrected chi connectivity index (χ3v) is 5.31. The van der Waals surface area contributed by atoms with E-state index in [1.165, 1.54) is 19.4 Å². The van der Waals surface area contributed by atoms with Gasteiger partial charge in [0.1, 0.15) is 17.1 Å². The quantitative estimate of drug-likeness (QED) is 0.539. The number of carbonyl (C=O) groups excluding carboxylic acids is 2. The predicted molar refractivity (Wildman–Crippen MR) is 122 cm³/mol. The van der Waals surface area contributed by atoms with Gasteiger partial charge in [-0.15, -0.1) is 0 Å². The standard InChI is InChI=1S/C25H31NO6/c1-16-9-11-18(12-10-16)15-25(3,4)22(28)21-19(27)14-20(32-23(21)29)17(2)8-6-7-13-26-24(30)31-5/h7,9-14,17,27H,6,8,15H2,1-5H3,(H,26,30)/b13-7+.